The van der Waals surface area contributed by atoms with Gasteiger partial charge >= 0.3 is 24.7 Å². The molecular formula is C9H12F8O6S2. The van der Waals surface area contributed by atoms with Crippen LogP contribution in [0.3, 0.4) is 0 Å². The zero-order valence-electron chi connectivity index (χ0n) is 12.0. The van der Waals surface area contributed by atoms with E-state index in [0.29, 0.717) is 0 Å². The smallest absolute Gasteiger partial charge is 0.270 e. The van der Waals surface area contributed by atoms with Gasteiger partial charge in [0.25, 0.3) is 20.2 Å². The molecule has 0 rings (SSSR count). The van der Waals surface area contributed by atoms with E-state index in [-0.39, 0.29) is 0 Å². The van der Waals surface area contributed by atoms with Crippen LogP contribution in [0, 0.1) is 0 Å². The highest BCUT2D eigenvalue weighted by Gasteiger charge is 2.46. The molecule has 6 nitrogen and oxygen atoms in total. The van der Waals surface area contributed by atoms with E-state index in [0.717, 1.165) is 0 Å². The van der Waals surface area contributed by atoms with E-state index in [2.05, 4.69) is 8.37 Å². The van der Waals surface area contributed by atoms with Crippen LogP contribution in [0.2, 0.25) is 0 Å². The lowest BCUT2D eigenvalue weighted by Gasteiger charge is -2.15. The van der Waals surface area contributed by atoms with Crippen molar-refractivity contribution in [1.82, 2.24) is 0 Å². The molecule has 0 aromatic carbocycles. The molecule has 0 amide bonds. The van der Waals surface area contributed by atoms with Gasteiger partial charge in [0.15, 0.2) is 0 Å². The first-order valence-corrected chi connectivity index (χ1v) is 9.22. The van der Waals surface area contributed by atoms with Crippen molar-refractivity contribution in [2.24, 2.45) is 0 Å². The van der Waals surface area contributed by atoms with Gasteiger partial charge in [-0.2, -0.15) is 34.4 Å². The Morgan fingerprint density at radius 2 is 0.960 bits per heavy atom. The lowest BCUT2D eigenvalue weighted by molar-refractivity contribution is -0.111. The molecule has 16 heteroatoms. The van der Waals surface area contributed by atoms with Crippen molar-refractivity contribution in [3.8, 4) is 0 Å². The molecule has 0 N–H and O–H groups in total. The normalized spacial score (nSPS) is 14.5. The molecule has 0 aliphatic rings. The number of hydrogen-bond acceptors (Lipinski definition) is 6. The van der Waals surface area contributed by atoms with Crippen molar-refractivity contribution in [3.63, 3.8) is 0 Å². The van der Waals surface area contributed by atoms with Gasteiger partial charge in [0.2, 0.25) is 0 Å². The summed E-state index contributed by atoms with van der Waals surface area (Å²) >= 11 is 0. The summed E-state index contributed by atoms with van der Waals surface area (Å²) in [4.78, 5) is 0. The Bertz CT molecular complexity index is 564. The average Bonchev–Trinajstić information content (AvgIpc) is 2.34. The van der Waals surface area contributed by atoms with Crippen molar-refractivity contribution in [1.29, 1.82) is 0 Å². The predicted molar refractivity (Wildman–Crippen MR) is 66.0 cm³/mol. The molecule has 0 radical (unpaired) electrons. The van der Waals surface area contributed by atoms with Gasteiger partial charge in [-0.3, -0.25) is 8.37 Å². The van der Waals surface area contributed by atoms with Crippen LogP contribution in [0.25, 0.3) is 0 Å². The molecule has 25 heavy (non-hydrogen) atoms. The van der Waals surface area contributed by atoms with Gasteiger partial charge in [-0.05, 0) is 6.42 Å². The van der Waals surface area contributed by atoms with E-state index in [9.17, 15) is 52.0 Å². The molecule has 0 atom stereocenters. The molecule has 0 unspecified atom stereocenters. The molecule has 0 saturated heterocycles. The zero-order valence-corrected chi connectivity index (χ0v) is 13.6. The standard InChI is InChI=1S/C9H12F8O6S2/c10-6(11)8(14,15)4-24(18,19)22-2-1-3-23-25(20,21)5-9(16,17)7(12)13/h6-7H,1-5H2. The fraction of sp³-hybridized carbons (Fsp3) is 1.00. The highest BCUT2D eigenvalue weighted by molar-refractivity contribution is 7.87. The van der Waals surface area contributed by atoms with E-state index >= 15 is 0 Å². The summed E-state index contributed by atoms with van der Waals surface area (Å²) in [6.45, 7) is -2.00. The third-order valence-electron chi connectivity index (χ3n) is 2.19. The van der Waals surface area contributed by atoms with Crippen molar-refractivity contribution in [2.45, 2.75) is 31.1 Å². The van der Waals surface area contributed by atoms with Crippen LogP contribution in [0.5, 0.6) is 0 Å². The van der Waals surface area contributed by atoms with Crippen molar-refractivity contribution in [2.75, 3.05) is 24.7 Å². The first-order valence-electron chi connectivity index (χ1n) is 6.07. The van der Waals surface area contributed by atoms with Crippen LogP contribution in [-0.4, -0.2) is 66.3 Å². The largest absolute Gasteiger partial charge is 0.323 e. The summed E-state index contributed by atoms with van der Waals surface area (Å²) in [7, 11) is -10.2. The van der Waals surface area contributed by atoms with Gasteiger partial charge < -0.3 is 0 Å². The third kappa shape index (κ3) is 9.50. The minimum absolute atomic E-state index is 0.668. The Morgan fingerprint density at radius 3 is 1.20 bits per heavy atom. The molecule has 0 saturated carbocycles. The minimum Gasteiger partial charge on any atom is -0.270 e. The van der Waals surface area contributed by atoms with Gasteiger partial charge in [0.1, 0.15) is 11.5 Å². The fourth-order valence-electron chi connectivity index (χ4n) is 1.11. The van der Waals surface area contributed by atoms with Crippen molar-refractivity contribution in [3.05, 3.63) is 0 Å². The predicted octanol–water partition coefficient (Wildman–Crippen LogP) is 1.87. The molecule has 0 heterocycles. The Labute approximate surface area is 137 Å². The summed E-state index contributed by atoms with van der Waals surface area (Å²) in [6, 6.07) is 0. The van der Waals surface area contributed by atoms with E-state index in [1.165, 1.54) is 0 Å². The average molecular weight is 432 g/mol. The fourth-order valence-corrected chi connectivity index (χ4v) is 3.22. The van der Waals surface area contributed by atoms with Gasteiger partial charge in [-0.15, -0.1) is 0 Å². The van der Waals surface area contributed by atoms with Crippen LogP contribution in [0.4, 0.5) is 35.1 Å². The second kappa shape index (κ2) is 8.77. The molecule has 0 aromatic heterocycles. The van der Waals surface area contributed by atoms with Crippen LogP contribution in [-0.2, 0) is 28.6 Å². The summed E-state index contributed by atoms with van der Waals surface area (Å²) in [6.07, 6.45) is -9.20. The maximum absolute atomic E-state index is 12.6. The second-order valence-corrected chi connectivity index (χ2v) is 7.80. The van der Waals surface area contributed by atoms with E-state index in [1.807, 2.05) is 0 Å². The molecule has 0 aliphatic carbocycles. The van der Waals surface area contributed by atoms with Crippen LogP contribution < -0.4 is 0 Å². The molecule has 0 fully saturated rings. The molecule has 0 spiro atoms. The van der Waals surface area contributed by atoms with Crippen molar-refractivity contribution >= 4 is 20.2 Å². The zero-order chi connectivity index (χ0) is 20.1. The second-order valence-electron chi connectivity index (χ2n) is 4.52. The summed E-state index contributed by atoms with van der Waals surface area (Å²) < 4.78 is 149. The monoisotopic (exact) mass is 432 g/mol. The van der Waals surface area contributed by atoms with E-state index in [4.69, 9.17) is 0 Å². The first-order chi connectivity index (χ1) is 11.0. The Morgan fingerprint density at radius 1 is 0.680 bits per heavy atom. The highest BCUT2D eigenvalue weighted by atomic mass is 32.2. The van der Waals surface area contributed by atoms with E-state index in [1.54, 1.807) is 0 Å². The molecule has 152 valence electrons. The number of rotatable bonds is 12. The lowest BCUT2D eigenvalue weighted by Crippen LogP contribution is -2.36. The SMILES string of the molecule is O=S(=O)(CC(F)(F)C(F)F)OCCCOS(=O)(=O)CC(F)(F)C(F)F. The Balaban J connectivity index is 4.34. The van der Waals surface area contributed by atoms with Crippen LogP contribution in [0.1, 0.15) is 6.42 Å². The molecule has 0 aromatic rings. The number of hydrogen-bond donors (Lipinski definition) is 0. The lowest BCUT2D eigenvalue weighted by atomic mass is 10.4. The quantitative estimate of drug-likeness (QED) is 0.266. The summed E-state index contributed by atoms with van der Waals surface area (Å²) in [5, 5.41) is 0. The third-order valence-corrected chi connectivity index (χ3v) is 4.72. The summed E-state index contributed by atoms with van der Waals surface area (Å²) in [5.74, 6) is -14.4. The molecule has 0 bridgehead atoms. The first kappa shape index (κ1) is 24.3. The van der Waals surface area contributed by atoms with E-state index < -0.39 is 76.1 Å². The maximum Gasteiger partial charge on any atom is 0.323 e. The molecular weight excluding hydrogens is 420 g/mol. The van der Waals surface area contributed by atoms with Crippen LogP contribution >= 0.6 is 0 Å². The maximum atomic E-state index is 12.6. The molecule has 0 aliphatic heterocycles. The number of halogens is 8. The van der Waals surface area contributed by atoms with Gasteiger partial charge in [0.05, 0.1) is 13.2 Å². The van der Waals surface area contributed by atoms with Crippen molar-refractivity contribution < 1.29 is 60.3 Å². The van der Waals surface area contributed by atoms with Crippen LogP contribution in [0.15, 0.2) is 0 Å². The van der Waals surface area contributed by atoms with Gasteiger partial charge in [-0.1, -0.05) is 0 Å². The summed E-state index contributed by atoms with van der Waals surface area (Å²) in [5.41, 5.74) is 0. The van der Waals surface area contributed by atoms with Gasteiger partial charge in [0, 0.05) is 0 Å². The minimum atomic E-state index is -5.09. The number of alkyl halides is 8. The van der Waals surface area contributed by atoms with Gasteiger partial charge in [-0.25, -0.2) is 17.6 Å². The Kier molecular flexibility index (Phi) is 8.51. The topological polar surface area (TPSA) is 86.7 Å². The highest BCUT2D eigenvalue weighted by Crippen LogP contribution is 2.26. The Hall–Kier alpha value is -0.740.